The van der Waals surface area contributed by atoms with Crippen LogP contribution in [-0.2, 0) is 0 Å². The van der Waals surface area contributed by atoms with Crippen molar-refractivity contribution in [1.29, 1.82) is 0 Å². The Labute approximate surface area is 54.8 Å². The molecule has 1 aliphatic heterocycles. The number of fused-ring (bicyclic) bond motifs is 1. The van der Waals surface area contributed by atoms with E-state index in [-0.39, 0.29) is 0 Å². The van der Waals surface area contributed by atoms with Crippen LogP contribution in [0.25, 0.3) is 0 Å². The van der Waals surface area contributed by atoms with E-state index in [1.165, 1.54) is 0 Å². The molecular weight excluding hydrogens is 110 g/mol. The minimum Gasteiger partial charge on any atom is -0.384 e. The Bertz CT molecular complexity index is 189. The lowest BCUT2D eigenvalue weighted by molar-refractivity contribution is 0.649. The number of hydrogen-bond donors (Lipinski definition) is 1. The first-order valence-corrected chi connectivity index (χ1v) is 3.24. The normalized spacial score (nSPS) is 36.4. The van der Waals surface area contributed by atoms with Gasteiger partial charge in [0.2, 0.25) is 0 Å². The van der Waals surface area contributed by atoms with E-state index in [2.05, 4.69) is 35.7 Å². The molecule has 0 bridgehead atoms. The van der Waals surface area contributed by atoms with Crippen molar-refractivity contribution in [3.8, 4) is 0 Å². The first-order valence-electron chi connectivity index (χ1n) is 3.24. The summed E-state index contributed by atoms with van der Waals surface area (Å²) in [6.07, 6.45) is 12.8. The van der Waals surface area contributed by atoms with E-state index in [4.69, 9.17) is 0 Å². The van der Waals surface area contributed by atoms with Crippen molar-refractivity contribution in [1.82, 2.24) is 5.32 Å². The Morgan fingerprint density at radius 2 is 1.89 bits per heavy atom. The lowest BCUT2D eigenvalue weighted by Crippen LogP contribution is -2.23. The molecule has 2 aliphatic rings. The van der Waals surface area contributed by atoms with Crippen LogP contribution in [0.4, 0.5) is 0 Å². The molecule has 0 spiro atoms. The number of hydrogen-bond acceptors (Lipinski definition) is 1. The van der Waals surface area contributed by atoms with Gasteiger partial charge in [0.05, 0.1) is 6.04 Å². The number of rotatable bonds is 0. The van der Waals surface area contributed by atoms with Gasteiger partial charge >= 0.3 is 0 Å². The predicted octanol–water partition coefficient (Wildman–Crippen LogP) is 1.21. The molecule has 0 aromatic heterocycles. The van der Waals surface area contributed by atoms with E-state index in [1.54, 1.807) is 0 Å². The molecule has 0 unspecified atom stereocenters. The summed E-state index contributed by atoms with van der Waals surface area (Å²) < 4.78 is 0. The fraction of sp³-hybridized carbons (Fsp3) is 0.250. The van der Waals surface area contributed by atoms with Gasteiger partial charge in [-0.1, -0.05) is 30.4 Å². The average Bonchev–Trinajstić information content (AvgIpc) is 2.33. The number of allylic oxidation sites excluding steroid dienone is 2. The van der Waals surface area contributed by atoms with Crippen molar-refractivity contribution in [2.75, 3.05) is 0 Å². The Kier molecular flexibility index (Phi) is 0.950. The summed E-state index contributed by atoms with van der Waals surface area (Å²) in [5.74, 6) is 0.606. The van der Waals surface area contributed by atoms with Crippen LogP contribution in [0, 0.1) is 5.92 Å². The summed E-state index contributed by atoms with van der Waals surface area (Å²) in [7, 11) is 0. The fourth-order valence-electron chi connectivity index (χ4n) is 1.25. The van der Waals surface area contributed by atoms with E-state index >= 15 is 0 Å². The zero-order valence-electron chi connectivity index (χ0n) is 5.12. The van der Waals surface area contributed by atoms with Gasteiger partial charge < -0.3 is 5.32 Å². The lowest BCUT2D eigenvalue weighted by Gasteiger charge is -2.14. The number of nitrogens with one attached hydrogen (secondary N) is 1. The van der Waals surface area contributed by atoms with Gasteiger partial charge in [0.15, 0.2) is 0 Å². The van der Waals surface area contributed by atoms with Crippen LogP contribution in [-0.4, -0.2) is 6.04 Å². The zero-order chi connectivity index (χ0) is 6.10. The second kappa shape index (κ2) is 1.76. The SMILES string of the molecule is C1=C[C@H]2C=CN[C@@H]2C=C1. The van der Waals surface area contributed by atoms with Crippen molar-refractivity contribution in [2.45, 2.75) is 6.04 Å². The summed E-state index contributed by atoms with van der Waals surface area (Å²) in [6.45, 7) is 0. The molecule has 1 N–H and O–H groups in total. The van der Waals surface area contributed by atoms with Gasteiger partial charge in [0.1, 0.15) is 0 Å². The van der Waals surface area contributed by atoms with Crippen LogP contribution in [0.15, 0.2) is 36.6 Å². The highest BCUT2D eigenvalue weighted by molar-refractivity contribution is 5.25. The molecule has 2 rings (SSSR count). The Morgan fingerprint density at radius 1 is 1.00 bits per heavy atom. The molecule has 0 saturated heterocycles. The Morgan fingerprint density at radius 3 is 2.78 bits per heavy atom. The van der Waals surface area contributed by atoms with Crippen molar-refractivity contribution in [2.24, 2.45) is 5.92 Å². The molecule has 0 aromatic carbocycles. The van der Waals surface area contributed by atoms with Gasteiger partial charge in [-0.3, -0.25) is 0 Å². The fourth-order valence-corrected chi connectivity index (χ4v) is 1.25. The van der Waals surface area contributed by atoms with E-state index in [9.17, 15) is 0 Å². The third kappa shape index (κ3) is 0.689. The molecule has 1 heterocycles. The van der Waals surface area contributed by atoms with Crippen LogP contribution in [0.5, 0.6) is 0 Å². The smallest absolute Gasteiger partial charge is 0.0540 e. The van der Waals surface area contributed by atoms with Gasteiger partial charge in [-0.05, 0) is 6.20 Å². The molecule has 0 aromatic rings. The highest BCUT2D eigenvalue weighted by Crippen LogP contribution is 2.17. The van der Waals surface area contributed by atoms with Crippen LogP contribution in [0.2, 0.25) is 0 Å². The molecule has 0 fully saturated rings. The van der Waals surface area contributed by atoms with Crippen LogP contribution < -0.4 is 5.32 Å². The molecule has 0 amide bonds. The largest absolute Gasteiger partial charge is 0.384 e. The lowest BCUT2D eigenvalue weighted by atomic mass is 9.98. The maximum Gasteiger partial charge on any atom is 0.0540 e. The first-order chi connectivity index (χ1) is 4.47. The predicted molar refractivity (Wildman–Crippen MR) is 37.8 cm³/mol. The summed E-state index contributed by atoms with van der Waals surface area (Å²) in [5.41, 5.74) is 0. The molecule has 1 heteroatoms. The van der Waals surface area contributed by atoms with Crippen molar-refractivity contribution in [3.63, 3.8) is 0 Å². The minimum atomic E-state index is 0.537. The molecule has 0 saturated carbocycles. The maximum atomic E-state index is 3.24. The van der Waals surface area contributed by atoms with Crippen LogP contribution >= 0.6 is 0 Å². The van der Waals surface area contributed by atoms with Gasteiger partial charge in [0.25, 0.3) is 0 Å². The van der Waals surface area contributed by atoms with Crippen LogP contribution in [0.3, 0.4) is 0 Å². The van der Waals surface area contributed by atoms with Crippen molar-refractivity contribution >= 4 is 0 Å². The average molecular weight is 119 g/mol. The Balaban J connectivity index is 2.25. The van der Waals surface area contributed by atoms with E-state index in [0.717, 1.165) is 0 Å². The van der Waals surface area contributed by atoms with Crippen molar-refractivity contribution < 1.29 is 0 Å². The standard InChI is InChI=1S/C8H9N/c1-2-4-8-7(3-1)5-6-9-8/h1-9H/t7-,8+/m0/s1. The second-order valence-corrected chi connectivity index (χ2v) is 2.40. The minimum absolute atomic E-state index is 0.537. The summed E-state index contributed by atoms with van der Waals surface area (Å²) in [4.78, 5) is 0. The molecule has 2 atom stereocenters. The third-order valence-electron chi connectivity index (χ3n) is 1.78. The maximum absolute atomic E-state index is 3.24. The van der Waals surface area contributed by atoms with E-state index in [0.29, 0.717) is 12.0 Å². The Hall–Kier alpha value is -0.980. The summed E-state index contributed by atoms with van der Waals surface area (Å²) >= 11 is 0. The van der Waals surface area contributed by atoms with Crippen molar-refractivity contribution in [3.05, 3.63) is 36.6 Å². The van der Waals surface area contributed by atoms with Gasteiger partial charge in [-0.25, -0.2) is 0 Å². The molecule has 1 aliphatic carbocycles. The highest BCUT2D eigenvalue weighted by Gasteiger charge is 2.17. The van der Waals surface area contributed by atoms with Crippen LogP contribution in [0.1, 0.15) is 0 Å². The summed E-state index contributed by atoms with van der Waals surface area (Å²) in [5, 5.41) is 3.24. The molecular formula is C8H9N. The van der Waals surface area contributed by atoms with E-state index in [1.807, 2.05) is 6.20 Å². The van der Waals surface area contributed by atoms with E-state index < -0.39 is 0 Å². The first kappa shape index (κ1) is 4.86. The molecule has 0 radical (unpaired) electrons. The monoisotopic (exact) mass is 119 g/mol. The topological polar surface area (TPSA) is 12.0 Å². The zero-order valence-corrected chi connectivity index (χ0v) is 5.12. The van der Waals surface area contributed by atoms with Gasteiger partial charge in [-0.15, -0.1) is 0 Å². The molecule has 9 heavy (non-hydrogen) atoms. The third-order valence-corrected chi connectivity index (χ3v) is 1.78. The van der Waals surface area contributed by atoms with Gasteiger partial charge in [0, 0.05) is 5.92 Å². The molecule has 1 nitrogen and oxygen atoms in total. The van der Waals surface area contributed by atoms with Gasteiger partial charge in [-0.2, -0.15) is 0 Å². The second-order valence-electron chi connectivity index (χ2n) is 2.40. The highest BCUT2D eigenvalue weighted by atomic mass is 14.9. The quantitative estimate of drug-likeness (QED) is 0.505. The molecule has 46 valence electrons. The summed E-state index contributed by atoms with van der Waals surface area (Å²) in [6, 6.07) is 0.537.